The van der Waals surface area contributed by atoms with Crippen molar-refractivity contribution < 1.29 is 8.78 Å². The predicted octanol–water partition coefficient (Wildman–Crippen LogP) is 3.82. The molecule has 0 aliphatic heterocycles. The van der Waals surface area contributed by atoms with E-state index in [4.69, 9.17) is 0 Å². The van der Waals surface area contributed by atoms with Gasteiger partial charge in [-0.05, 0) is 24.3 Å². The van der Waals surface area contributed by atoms with E-state index < -0.39 is 11.6 Å². The van der Waals surface area contributed by atoms with Gasteiger partial charge in [-0.15, -0.1) is 0 Å². The molecule has 3 rings (SSSR count). The summed E-state index contributed by atoms with van der Waals surface area (Å²) in [4.78, 5) is 4.15. The Balaban J connectivity index is 2.15. The summed E-state index contributed by atoms with van der Waals surface area (Å²) in [6.45, 7) is 0. The minimum atomic E-state index is -0.622. The van der Waals surface area contributed by atoms with Gasteiger partial charge in [-0.25, -0.2) is 13.8 Å². The van der Waals surface area contributed by atoms with E-state index in [9.17, 15) is 8.78 Å². The van der Waals surface area contributed by atoms with Crippen molar-refractivity contribution in [1.82, 2.24) is 9.55 Å². The molecule has 3 aromatic rings. The molecule has 0 aliphatic rings. The minimum absolute atomic E-state index is 0.273. The molecule has 1 heterocycles. The van der Waals surface area contributed by atoms with Crippen molar-refractivity contribution in [2.45, 2.75) is 0 Å². The number of benzene rings is 2. The van der Waals surface area contributed by atoms with Gasteiger partial charge in [-0.2, -0.15) is 0 Å². The lowest BCUT2D eigenvalue weighted by atomic mass is 10.2. The highest BCUT2D eigenvalue weighted by Gasteiger charge is 2.12. The Morgan fingerprint density at radius 3 is 2.47 bits per heavy atom. The van der Waals surface area contributed by atoms with Crippen LogP contribution < -0.4 is 0 Å². The molecule has 0 aliphatic carbocycles. The average Bonchev–Trinajstić information content (AvgIpc) is 2.89. The molecule has 0 unspecified atom stereocenters. The fourth-order valence-electron chi connectivity index (χ4n) is 1.97. The van der Waals surface area contributed by atoms with E-state index >= 15 is 0 Å². The standard InChI is InChI=1S/C15H10F2N2/c16-11-6-7-13(14(17)10-11)15-18-8-9-19(15)12-4-2-1-3-5-12/h1-10H. The summed E-state index contributed by atoms with van der Waals surface area (Å²) in [5, 5.41) is 0. The average molecular weight is 256 g/mol. The number of imidazole rings is 1. The molecule has 0 saturated carbocycles. The van der Waals surface area contributed by atoms with Crippen molar-refractivity contribution in [3.63, 3.8) is 0 Å². The molecule has 0 atom stereocenters. The van der Waals surface area contributed by atoms with Crippen LogP contribution >= 0.6 is 0 Å². The first-order valence-electron chi connectivity index (χ1n) is 5.80. The molecule has 0 spiro atoms. The molecule has 0 radical (unpaired) electrons. The highest BCUT2D eigenvalue weighted by molar-refractivity contribution is 5.59. The van der Waals surface area contributed by atoms with Gasteiger partial charge in [-0.1, -0.05) is 18.2 Å². The smallest absolute Gasteiger partial charge is 0.147 e. The molecule has 4 heteroatoms. The molecular weight excluding hydrogens is 246 g/mol. The van der Waals surface area contributed by atoms with Gasteiger partial charge in [0.15, 0.2) is 0 Å². The van der Waals surface area contributed by atoms with E-state index in [0.717, 1.165) is 11.8 Å². The van der Waals surface area contributed by atoms with Gasteiger partial charge in [0.05, 0.1) is 5.56 Å². The number of para-hydroxylation sites is 1. The molecule has 0 fully saturated rings. The van der Waals surface area contributed by atoms with E-state index in [1.54, 1.807) is 17.0 Å². The summed E-state index contributed by atoms with van der Waals surface area (Å²) < 4.78 is 28.5. The number of hydrogen-bond donors (Lipinski definition) is 0. The zero-order valence-electron chi connectivity index (χ0n) is 9.92. The van der Waals surface area contributed by atoms with Gasteiger partial charge in [-0.3, -0.25) is 4.57 Å². The number of hydrogen-bond acceptors (Lipinski definition) is 1. The Morgan fingerprint density at radius 2 is 1.74 bits per heavy atom. The summed E-state index contributed by atoms with van der Waals surface area (Å²) >= 11 is 0. The molecule has 0 bridgehead atoms. The monoisotopic (exact) mass is 256 g/mol. The second kappa shape index (κ2) is 4.65. The topological polar surface area (TPSA) is 17.8 Å². The lowest BCUT2D eigenvalue weighted by Crippen LogP contribution is -1.98. The number of aromatic nitrogens is 2. The first-order chi connectivity index (χ1) is 9.25. The Bertz CT molecular complexity index is 705. The molecular formula is C15H10F2N2. The fraction of sp³-hybridized carbons (Fsp3) is 0. The maximum atomic E-state index is 13.8. The molecule has 94 valence electrons. The molecule has 1 aromatic heterocycles. The molecule has 0 N–H and O–H groups in total. The van der Waals surface area contributed by atoms with Gasteiger partial charge >= 0.3 is 0 Å². The van der Waals surface area contributed by atoms with Crippen LogP contribution in [0.5, 0.6) is 0 Å². The van der Waals surface area contributed by atoms with Crippen molar-refractivity contribution in [3.8, 4) is 17.1 Å². The summed E-state index contributed by atoms with van der Waals surface area (Å²) in [5.74, 6) is -0.772. The van der Waals surface area contributed by atoms with Gasteiger partial charge in [0, 0.05) is 24.1 Å². The highest BCUT2D eigenvalue weighted by atomic mass is 19.1. The Morgan fingerprint density at radius 1 is 0.947 bits per heavy atom. The summed E-state index contributed by atoms with van der Waals surface area (Å²) in [7, 11) is 0. The van der Waals surface area contributed by atoms with Gasteiger partial charge in [0.1, 0.15) is 17.5 Å². The van der Waals surface area contributed by atoms with Gasteiger partial charge in [0.25, 0.3) is 0 Å². The van der Waals surface area contributed by atoms with Crippen molar-refractivity contribution in [1.29, 1.82) is 0 Å². The second-order valence-electron chi connectivity index (χ2n) is 4.08. The van der Waals surface area contributed by atoms with Crippen LogP contribution in [0.1, 0.15) is 0 Å². The molecule has 0 saturated heterocycles. The summed E-state index contributed by atoms with van der Waals surface area (Å²) in [6.07, 6.45) is 3.33. The molecule has 2 aromatic carbocycles. The largest absolute Gasteiger partial charge is 0.300 e. The minimum Gasteiger partial charge on any atom is -0.300 e. The van der Waals surface area contributed by atoms with Crippen molar-refractivity contribution in [2.24, 2.45) is 0 Å². The maximum absolute atomic E-state index is 13.8. The van der Waals surface area contributed by atoms with E-state index in [2.05, 4.69) is 4.98 Å². The first-order valence-corrected chi connectivity index (χ1v) is 5.80. The van der Waals surface area contributed by atoms with Crippen molar-refractivity contribution in [3.05, 3.63) is 72.6 Å². The van der Waals surface area contributed by atoms with E-state index in [-0.39, 0.29) is 5.56 Å². The lowest BCUT2D eigenvalue weighted by molar-refractivity contribution is 0.584. The third-order valence-corrected chi connectivity index (χ3v) is 2.85. The number of rotatable bonds is 2. The van der Waals surface area contributed by atoms with Crippen LogP contribution in [-0.2, 0) is 0 Å². The Hall–Kier alpha value is -2.49. The SMILES string of the molecule is Fc1ccc(-c2nccn2-c2ccccc2)c(F)c1. The third kappa shape index (κ3) is 2.12. The molecule has 19 heavy (non-hydrogen) atoms. The first kappa shape index (κ1) is 11.6. The third-order valence-electron chi connectivity index (χ3n) is 2.85. The quantitative estimate of drug-likeness (QED) is 0.681. The molecule has 0 amide bonds. The number of nitrogens with zero attached hydrogens (tertiary/aromatic N) is 2. The van der Waals surface area contributed by atoms with Gasteiger partial charge in [0.2, 0.25) is 0 Å². The van der Waals surface area contributed by atoms with Gasteiger partial charge < -0.3 is 0 Å². The number of halogens is 2. The summed E-state index contributed by atoms with van der Waals surface area (Å²) in [5.41, 5.74) is 1.15. The zero-order chi connectivity index (χ0) is 13.2. The van der Waals surface area contributed by atoms with Crippen LogP contribution in [0.15, 0.2) is 60.9 Å². The van der Waals surface area contributed by atoms with Crippen molar-refractivity contribution in [2.75, 3.05) is 0 Å². The van der Waals surface area contributed by atoms with Crippen LogP contribution in [0.25, 0.3) is 17.1 Å². The Labute approximate surface area is 109 Å². The van der Waals surface area contributed by atoms with Crippen LogP contribution in [0.3, 0.4) is 0 Å². The maximum Gasteiger partial charge on any atom is 0.147 e. The van der Waals surface area contributed by atoms with E-state index in [0.29, 0.717) is 5.82 Å². The second-order valence-corrected chi connectivity index (χ2v) is 4.08. The van der Waals surface area contributed by atoms with Crippen LogP contribution in [-0.4, -0.2) is 9.55 Å². The Kier molecular flexibility index (Phi) is 2.83. The predicted molar refractivity (Wildman–Crippen MR) is 68.9 cm³/mol. The van der Waals surface area contributed by atoms with Crippen LogP contribution in [0, 0.1) is 11.6 Å². The van der Waals surface area contributed by atoms with E-state index in [1.165, 1.54) is 12.1 Å². The fourth-order valence-corrected chi connectivity index (χ4v) is 1.97. The summed E-state index contributed by atoms with van der Waals surface area (Å²) in [6, 6.07) is 13.0. The van der Waals surface area contributed by atoms with Crippen LogP contribution in [0.2, 0.25) is 0 Å². The van der Waals surface area contributed by atoms with Crippen molar-refractivity contribution >= 4 is 0 Å². The van der Waals surface area contributed by atoms with E-state index in [1.807, 2.05) is 30.3 Å². The lowest BCUT2D eigenvalue weighted by Gasteiger charge is -2.08. The highest BCUT2D eigenvalue weighted by Crippen LogP contribution is 2.24. The zero-order valence-corrected chi connectivity index (χ0v) is 9.92. The molecule has 2 nitrogen and oxygen atoms in total. The normalized spacial score (nSPS) is 10.6. The van der Waals surface area contributed by atoms with Crippen LogP contribution in [0.4, 0.5) is 8.78 Å².